The fourth-order valence-corrected chi connectivity index (χ4v) is 3.51. The quantitative estimate of drug-likeness (QED) is 0.413. The minimum absolute atomic E-state index is 0.332. The zero-order valence-electron chi connectivity index (χ0n) is 18.7. The number of benzene rings is 1. The van der Waals surface area contributed by atoms with Crippen molar-refractivity contribution in [1.82, 2.24) is 15.5 Å². The number of aliphatic imine (C=N–C) groups is 1. The molecule has 0 aromatic heterocycles. The number of aryl methyl sites for hydroxylation is 1. The van der Waals surface area contributed by atoms with Crippen molar-refractivity contribution >= 4 is 5.96 Å². The molecule has 1 fully saturated rings. The molecule has 1 aromatic rings. The summed E-state index contributed by atoms with van der Waals surface area (Å²) in [5.74, 6) is 1.26. The van der Waals surface area contributed by atoms with Crippen molar-refractivity contribution in [3.63, 3.8) is 0 Å². The van der Waals surface area contributed by atoms with Gasteiger partial charge < -0.3 is 20.5 Å². The first kappa shape index (κ1) is 23.6. The van der Waals surface area contributed by atoms with E-state index < -0.39 is 6.10 Å². The summed E-state index contributed by atoms with van der Waals surface area (Å²) in [6.07, 6.45) is 1.62. The maximum atomic E-state index is 10.1. The Morgan fingerprint density at radius 3 is 2.69 bits per heavy atom. The predicted octanol–water partition coefficient (Wildman–Crippen LogP) is 2.55. The van der Waals surface area contributed by atoms with Crippen LogP contribution in [0.5, 0.6) is 0 Å². The van der Waals surface area contributed by atoms with Crippen LogP contribution in [0.2, 0.25) is 0 Å². The summed E-state index contributed by atoms with van der Waals surface area (Å²) in [4.78, 5) is 7.07. The van der Waals surface area contributed by atoms with Gasteiger partial charge in [-0.1, -0.05) is 43.7 Å². The summed E-state index contributed by atoms with van der Waals surface area (Å²) in [7, 11) is 0. The van der Waals surface area contributed by atoms with E-state index in [-0.39, 0.29) is 0 Å². The van der Waals surface area contributed by atoms with E-state index in [1.807, 2.05) is 0 Å². The molecule has 0 spiro atoms. The lowest BCUT2D eigenvalue weighted by molar-refractivity contribution is 0.0301. The first-order valence-corrected chi connectivity index (χ1v) is 11.0. The van der Waals surface area contributed by atoms with Crippen molar-refractivity contribution in [2.24, 2.45) is 10.9 Å². The molecule has 164 valence electrons. The third kappa shape index (κ3) is 9.61. The molecule has 0 amide bonds. The molecular weight excluding hydrogens is 364 g/mol. The van der Waals surface area contributed by atoms with Gasteiger partial charge in [0.1, 0.15) is 0 Å². The van der Waals surface area contributed by atoms with Gasteiger partial charge in [-0.3, -0.25) is 9.89 Å². The number of nitrogens with one attached hydrogen (secondary N) is 2. The molecular formula is C23H40N4O2. The van der Waals surface area contributed by atoms with Gasteiger partial charge in [0.15, 0.2) is 5.96 Å². The molecule has 1 heterocycles. The minimum atomic E-state index is -0.569. The van der Waals surface area contributed by atoms with Crippen LogP contribution in [0, 0.1) is 12.8 Å². The third-order valence-electron chi connectivity index (χ3n) is 4.98. The van der Waals surface area contributed by atoms with Crippen molar-refractivity contribution in [2.45, 2.75) is 59.2 Å². The second kappa shape index (κ2) is 12.8. The largest absolute Gasteiger partial charge is 0.389 e. The second-order valence-electron chi connectivity index (χ2n) is 8.49. The second-order valence-corrected chi connectivity index (χ2v) is 8.49. The summed E-state index contributed by atoms with van der Waals surface area (Å²) in [6, 6.07) is 9.19. The highest BCUT2D eigenvalue weighted by molar-refractivity contribution is 5.80. The van der Waals surface area contributed by atoms with E-state index in [1.54, 1.807) is 0 Å². The zero-order valence-corrected chi connectivity index (χ0v) is 18.7. The number of likely N-dealkylation sites (tertiary alicyclic amines) is 1. The summed E-state index contributed by atoms with van der Waals surface area (Å²) in [6.45, 7) is 13.7. The van der Waals surface area contributed by atoms with E-state index in [4.69, 9.17) is 4.74 Å². The maximum absolute atomic E-state index is 10.1. The Labute approximate surface area is 176 Å². The highest BCUT2D eigenvalue weighted by Crippen LogP contribution is 2.14. The number of rotatable bonds is 10. The third-order valence-corrected chi connectivity index (χ3v) is 4.98. The zero-order chi connectivity index (χ0) is 21.1. The molecule has 2 rings (SSSR count). The molecule has 1 aromatic carbocycles. The van der Waals surface area contributed by atoms with Crippen LogP contribution in [0.1, 0.15) is 44.7 Å². The molecule has 0 saturated carbocycles. The van der Waals surface area contributed by atoms with Crippen LogP contribution < -0.4 is 10.6 Å². The van der Waals surface area contributed by atoms with Gasteiger partial charge in [0, 0.05) is 38.8 Å². The SMILES string of the molecule is CCNC(=NCC(O)COCC(C)C)NC1CCN(Cc2cccc(C)c2)CC1. The number of ether oxygens (including phenoxy) is 1. The molecule has 3 N–H and O–H groups in total. The standard InChI is InChI=1S/C23H40N4O2/c1-5-24-23(25-14-22(28)17-29-16-18(2)3)26-21-9-11-27(12-10-21)15-20-8-6-7-19(4)13-20/h6-8,13,18,21-22,28H,5,9-12,14-17H2,1-4H3,(H2,24,25,26). The lowest BCUT2D eigenvalue weighted by Crippen LogP contribution is -2.48. The molecule has 1 saturated heterocycles. The smallest absolute Gasteiger partial charge is 0.191 e. The Balaban J connectivity index is 1.74. The summed E-state index contributed by atoms with van der Waals surface area (Å²) in [5.41, 5.74) is 2.71. The topological polar surface area (TPSA) is 69.1 Å². The lowest BCUT2D eigenvalue weighted by atomic mass is 10.0. The average molecular weight is 405 g/mol. The van der Waals surface area contributed by atoms with Gasteiger partial charge in [-0.15, -0.1) is 0 Å². The highest BCUT2D eigenvalue weighted by atomic mass is 16.5. The first-order chi connectivity index (χ1) is 14.0. The molecule has 1 atom stereocenters. The number of hydrogen-bond acceptors (Lipinski definition) is 4. The Morgan fingerprint density at radius 2 is 2.03 bits per heavy atom. The minimum Gasteiger partial charge on any atom is -0.389 e. The van der Waals surface area contributed by atoms with Crippen LogP contribution in [-0.4, -0.2) is 67.5 Å². The molecule has 6 heteroatoms. The Morgan fingerprint density at radius 1 is 1.28 bits per heavy atom. The molecule has 0 bridgehead atoms. The number of hydrogen-bond donors (Lipinski definition) is 3. The summed E-state index contributed by atoms with van der Waals surface area (Å²) < 4.78 is 5.50. The van der Waals surface area contributed by atoms with Gasteiger partial charge in [-0.25, -0.2) is 0 Å². The van der Waals surface area contributed by atoms with Gasteiger partial charge in [-0.2, -0.15) is 0 Å². The van der Waals surface area contributed by atoms with Gasteiger partial charge in [0.05, 0.1) is 19.3 Å². The molecule has 1 unspecified atom stereocenters. The number of piperidine rings is 1. The Bertz CT molecular complexity index is 613. The molecule has 0 radical (unpaired) electrons. The Kier molecular flexibility index (Phi) is 10.5. The van der Waals surface area contributed by atoms with E-state index in [1.165, 1.54) is 11.1 Å². The molecule has 6 nitrogen and oxygen atoms in total. The van der Waals surface area contributed by atoms with Crippen LogP contribution >= 0.6 is 0 Å². The van der Waals surface area contributed by atoms with Gasteiger partial charge in [-0.05, 0) is 38.2 Å². The molecule has 1 aliphatic rings. The van der Waals surface area contributed by atoms with Crippen molar-refractivity contribution in [3.05, 3.63) is 35.4 Å². The van der Waals surface area contributed by atoms with Crippen LogP contribution in [0.3, 0.4) is 0 Å². The van der Waals surface area contributed by atoms with Crippen LogP contribution in [0.15, 0.2) is 29.3 Å². The lowest BCUT2D eigenvalue weighted by Gasteiger charge is -2.33. The number of nitrogens with zero attached hydrogens (tertiary/aromatic N) is 2. The van der Waals surface area contributed by atoms with Gasteiger partial charge in [0.2, 0.25) is 0 Å². The number of aliphatic hydroxyl groups excluding tert-OH is 1. The Hall–Kier alpha value is -1.63. The predicted molar refractivity (Wildman–Crippen MR) is 120 cm³/mol. The van der Waals surface area contributed by atoms with E-state index in [2.05, 4.69) is 72.5 Å². The van der Waals surface area contributed by atoms with Crippen molar-refractivity contribution in [1.29, 1.82) is 0 Å². The van der Waals surface area contributed by atoms with Crippen molar-refractivity contribution < 1.29 is 9.84 Å². The van der Waals surface area contributed by atoms with Crippen LogP contribution in [0.25, 0.3) is 0 Å². The van der Waals surface area contributed by atoms with E-state index in [0.717, 1.165) is 45.0 Å². The van der Waals surface area contributed by atoms with E-state index >= 15 is 0 Å². The van der Waals surface area contributed by atoms with E-state index in [9.17, 15) is 5.11 Å². The highest BCUT2D eigenvalue weighted by Gasteiger charge is 2.20. The molecule has 1 aliphatic heterocycles. The fraction of sp³-hybridized carbons (Fsp3) is 0.696. The summed E-state index contributed by atoms with van der Waals surface area (Å²) >= 11 is 0. The number of guanidine groups is 1. The summed E-state index contributed by atoms with van der Waals surface area (Å²) in [5, 5.41) is 16.9. The van der Waals surface area contributed by atoms with Crippen molar-refractivity contribution in [2.75, 3.05) is 39.4 Å². The number of aliphatic hydroxyl groups is 1. The first-order valence-electron chi connectivity index (χ1n) is 11.0. The van der Waals surface area contributed by atoms with E-state index in [0.29, 0.717) is 31.7 Å². The fourth-order valence-electron chi connectivity index (χ4n) is 3.51. The normalized spacial score (nSPS) is 17.5. The van der Waals surface area contributed by atoms with Crippen molar-refractivity contribution in [3.8, 4) is 0 Å². The van der Waals surface area contributed by atoms with Gasteiger partial charge in [0.25, 0.3) is 0 Å². The monoisotopic (exact) mass is 404 g/mol. The maximum Gasteiger partial charge on any atom is 0.191 e. The van der Waals surface area contributed by atoms with Gasteiger partial charge >= 0.3 is 0 Å². The average Bonchev–Trinajstić information content (AvgIpc) is 2.67. The molecule has 29 heavy (non-hydrogen) atoms. The van der Waals surface area contributed by atoms with Crippen LogP contribution in [-0.2, 0) is 11.3 Å². The van der Waals surface area contributed by atoms with Crippen LogP contribution in [0.4, 0.5) is 0 Å². The molecule has 0 aliphatic carbocycles.